The second kappa shape index (κ2) is 12.6. The van der Waals surface area contributed by atoms with E-state index in [1.165, 1.54) is 4.90 Å². The lowest BCUT2D eigenvalue weighted by Gasteiger charge is -2.41. The number of likely N-dealkylation sites (tertiary alicyclic amines) is 1. The number of rotatable bonds is 9. The van der Waals surface area contributed by atoms with Gasteiger partial charge in [0.05, 0.1) is 29.9 Å². The third kappa shape index (κ3) is 6.32. The maximum Gasteiger partial charge on any atom is 0.318 e. The molecule has 3 aliphatic rings. The average molecular weight is 578 g/mol. The number of ether oxygens (including phenoxy) is 1. The summed E-state index contributed by atoms with van der Waals surface area (Å²) < 4.78 is 20.0. The maximum atomic E-state index is 13.8. The van der Waals surface area contributed by atoms with Crippen LogP contribution in [0.2, 0.25) is 0 Å². The van der Waals surface area contributed by atoms with Crippen LogP contribution in [0.3, 0.4) is 0 Å². The Morgan fingerprint density at radius 2 is 2.02 bits per heavy atom. The third-order valence-corrected chi connectivity index (χ3v) is 8.51. The molecule has 5 rings (SSSR count). The minimum absolute atomic E-state index is 0.0748. The lowest BCUT2D eigenvalue weighted by Crippen LogP contribution is -2.55. The molecule has 2 saturated heterocycles. The molecule has 3 aliphatic heterocycles. The Morgan fingerprint density at radius 3 is 2.71 bits per heavy atom. The quantitative estimate of drug-likeness (QED) is 0.444. The highest BCUT2D eigenvalue weighted by molar-refractivity contribution is 5.91. The van der Waals surface area contributed by atoms with E-state index in [0.29, 0.717) is 63.1 Å². The van der Waals surface area contributed by atoms with Gasteiger partial charge in [-0.15, -0.1) is 0 Å². The van der Waals surface area contributed by atoms with E-state index in [1.54, 1.807) is 0 Å². The van der Waals surface area contributed by atoms with Gasteiger partial charge in [0.15, 0.2) is 5.83 Å². The third-order valence-electron chi connectivity index (χ3n) is 8.51. The van der Waals surface area contributed by atoms with Crippen LogP contribution in [0.4, 0.5) is 16.0 Å². The van der Waals surface area contributed by atoms with Gasteiger partial charge in [-0.3, -0.25) is 9.69 Å². The number of likely N-dealkylation sites (N-methyl/N-ethyl adjacent to an activating group) is 1. The minimum Gasteiger partial charge on any atom is -0.462 e. The van der Waals surface area contributed by atoms with Crippen LogP contribution in [0.1, 0.15) is 61.5 Å². The van der Waals surface area contributed by atoms with Gasteiger partial charge in [-0.2, -0.15) is 15.2 Å². The first-order valence-electron chi connectivity index (χ1n) is 14.6. The van der Waals surface area contributed by atoms with Crippen LogP contribution in [0.15, 0.2) is 24.5 Å². The number of carbonyl (C=O) groups is 1. The zero-order chi connectivity index (χ0) is 30.0. The number of nitrogen functional groups attached to an aromatic ring is 1. The molecule has 2 aromatic rings. The number of nitrogens with two attached hydrogens (primary N) is 1. The van der Waals surface area contributed by atoms with Crippen molar-refractivity contribution in [3.05, 3.63) is 47.1 Å². The maximum absolute atomic E-state index is 13.8. The molecule has 0 radical (unpaired) electrons. The number of piperazine rings is 1. The van der Waals surface area contributed by atoms with Gasteiger partial charge in [0, 0.05) is 50.9 Å². The lowest BCUT2D eigenvalue weighted by molar-refractivity contribution is -0.131. The summed E-state index contributed by atoms with van der Waals surface area (Å²) in [6.45, 7) is 11.8. The Kier molecular flexibility index (Phi) is 8.89. The fourth-order valence-electron chi connectivity index (χ4n) is 6.22. The molecule has 0 bridgehead atoms. The summed E-state index contributed by atoms with van der Waals surface area (Å²) >= 11 is 0. The number of hydrogen-bond donors (Lipinski definition) is 1. The summed E-state index contributed by atoms with van der Waals surface area (Å²) in [6.07, 6.45) is 2.28. The van der Waals surface area contributed by atoms with Crippen LogP contribution in [0, 0.1) is 11.3 Å². The van der Waals surface area contributed by atoms with E-state index >= 15 is 0 Å². The van der Waals surface area contributed by atoms with Crippen molar-refractivity contribution >= 4 is 17.5 Å². The Balaban J connectivity index is 1.43. The van der Waals surface area contributed by atoms with Gasteiger partial charge in [0.25, 0.3) is 5.91 Å². The van der Waals surface area contributed by atoms with Crippen LogP contribution < -0.4 is 15.4 Å². The van der Waals surface area contributed by atoms with Gasteiger partial charge in [0.2, 0.25) is 0 Å². The molecule has 0 aromatic carbocycles. The lowest BCUT2D eigenvalue weighted by atomic mass is 10.0. The summed E-state index contributed by atoms with van der Waals surface area (Å²) in [7, 11) is 2.10. The van der Waals surface area contributed by atoms with Gasteiger partial charge in [-0.05, 0) is 44.0 Å². The SMILES string of the molecule is C=C(F)C(=O)N1CCN(c2nc(OC[C@@H]3CCCN3C)nc3c2CN(Cc2nc(N)ccc2C(C)C)C3)C[C@@H]1CC#N. The van der Waals surface area contributed by atoms with Crippen LogP contribution >= 0.6 is 0 Å². The van der Waals surface area contributed by atoms with Gasteiger partial charge < -0.3 is 25.2 Å². The fraction of sp³-hybridized carbons (Fsp3) is 0.567. The first-order valence-corrected chi connectivity index (χ1v) is 14.6. The van der Waals surface area contributed by atoms with Crippen LogP contribution in [-0.2, 0) is 24.4 Å². The number of amides is 1. The first-order chi connectivity index (χ1) is 20.1. The molecular weight excluding hydrogens is 537 g/mol. The highest BCUT2D eigenvalue weighted by Crippen LogP contribution is 2.34. The molecule has 0 saturated carbocycles. The molecular formula is C30H40FN9O2. The fourth-order valence-corrected chi connectivity index (χ4v) is 6.22. The number of aromatic nitrogens is 3. The number of pyridine rings is 1. The summed E-state index contributed by atoms with van der Waals surface area (Å²) in [5.74, 6) is -0.261. The molecule has 42 heavy (non-hydrogen) atoms. The van der Waals surface area contributed by atoms with E-state index in [-0.39, 0.29) is 13.0 Å². The number of nitrogens with zero attached hydrogens (tertiary/aromatic N) is 8. The second-order valence-corrected chi connectivity index (χ2v) is 11.8. The molecule has 12 heteroatoms. The molecule has 0 aliphatic carbocycles. The number of halogens is 1. The molecule has 2 fully saturated rings. The van der Waals surface area contributed by atoms with Crippen LogP contribution in [0.25, 0.3) is 0 Å². The molecule has 224 valence electrons. The van der Waals surface area contributed by atoms with Crippen molar-refractivity contribution in [1.82, 2.24) is 29.7 Å². The molecule has 2 atom stereocenters. The van der Waals surface area contributed by atoms with Crippen molar-refractivity contribution in [2.75, 3.05) is 50.5 Å². The van der Waals surface area contributed by atoms with E-state index < -0.39 is 17.8 Å². The van der Waals surface area contributed by atoms with E-state index in [2.05, 4.69) is 53.2 Å². The Hall–Kier alpha value is -3.82. The van der Waals surface area contributed by atoms with Crippen molar-refractivity contribution in [1.29, 1.82) is 5.26 Å². The largest absolute Gasteiger partial charge is 0.462 e. The van der Waals surface area contributed by atoms with Gasteiger partial charge in [-0.1, -0.05) is 26.5 Å². The number of hydrogen-bond acceptors (Lipinski definition) is 10. The topological polar surface area (TPSA) is 128 Å². The highest BCUT2D eigenvalue weighted by atomic mass is 19.1. The highest BCUT2D eigenvalue weighted by Gasteiger charge is 2.36. The van der Waals surface area contributed by atoms with E-state index in [9.17, 15) is 14.4 Å². The van der Waals surface area contributed by atoms with Crippen LogP contribution in [0.5, 0.6) is 6.01 Å². The van der Waals surface area contributed by atoms with Crippen LogP contribution in [-0.4, -0.2) is 87.5 Å². The Bertz CT molecular complexity index is 1380. The molecule has 2 N–H and O–H groups in total. The molecule has 2 aromatic heterocycles. The molecule has 5 heterocycles. The average Bonchev–Trinajstić information content (AvgIpc) is 3.55. The van der Waals surface area contributed by atoms with Crippen molar-refractivity contribution in [2.24, 2.45) is 0 Å². The first kappa shape index (κ1) is 29.7. The summed E-state index contributed by atoms with van der Waals surface area (Å²) in [4.78, 5) is 34.9. The van der Waals surface area contributed by atoms with E-state index in [0.717, 1.165) is 47.7 Å². The van der Waals surface area contributed by atoms with E-state index in [4.69, 9.17) is 20.4 Å². The normalized spacial score (nSPS) is 21.0. The van der Waals surface area contributed by atoms with Crippen molar-refractivity contribution < 1.29 is 13.9 Å². The smallest absolute Gasteiger partial charge is 0.318 e. The molecule has 0 unspecified atom stereocenters. The standard InChI is InChI=1S/C30H40FN9O2/c1-19(2)23-7-8-27(33)34-25(23)16-38-15-24-26(17-38)35-30(42-18-22-6-5-11-37(22)4)36-28(24)39-12-13-40(29(41)20(3)31)21(14-39)9-10-32/h7-8,19,21-22H,3,5-6,9,11-18H2,1-2,4H3,(H2,33,34)/t21-,22-/m0/s1. The molecule has 11 nitrogen and oxygen atoms in total. The molecule has 1 amide bonds. The van der Waals surface area contributed by atoms with E-state index in [1.807, 2.05) is 12.1 Å². The Labute approximate surface area is 246 Å². The number of fused-ring (bicyclic) bond motifs is 1. The summed E-state index contributed by atoms with van der Waals surface area (Å²) in [5, 5.41) is 9.47. The number of carbonyl (C=O) groups excluding carboxylic acids is 1. The predicted molar refractivity (Wildman–Crippen MR) is 157 cm³/mol. The van der Waals surface area contributed by atoms with Gasteiger partial charge >= 0.3 is 6.01 Å². The number of anilines is 2. The minimum atomic E-state index is -1.02. The monoisotopic (exact) mass is 577 g/mol. The summed E-state index contributed by atoms with van der Waals surface area (Å²) in [6, 6.07) is 6.18. The number of nitriles is 1. The zero-order valence-electron chi connectivity index (χ0n) is 24.7. The Morgan fingerprint density at radius 1 is 1.21 bits per heavy atom. The molecule has 0 spiro atoms. The van der Waals surface area contributed by atoms with Crippen molar-refractivity contribution in [3.63, 3.8) is 0 Å². The van der Waals surface area contributed by atoms with Gasteiger partial charge in [-0.25, -0.2) is 9.37 Å². The van der Waals surface area contributed by atoms with Crippen molar-refractivity contribution in [2.45, 2.75) is 70.7 Å². The zero-order valence-corrected chi connectivity index (χ0v) is 24.7. The summed E-state index contributed by atoms with van der Waals surface area (Å²) in [5.41, 5.74) is 10.0. The second-order valence-electron chi connectivity index (χ2n) is 11.8. The van der Waals surface area contributed by atoms with Crippen molar-refractivity contribution in [3.8, 4) is 12.1 Å². The predicted octanol–water partition coefficient (Wildman–Crippen LogP) is 2.98. The van der Waals surface area contributed by atoms with Gasteiger partial charge in [0.1, 0.15) is 18.2 Å².